The van der Waals surface area contributed by atoms with Gasteiger partial charge in [-0.25, -0.2) is 9.18 Å². The van der Waals surface area contributed by atoms with E-state index in [1.165, 1.54) is 12.1 Å². The molecule has 148 valence electrons. The summed E-state index contributed by atoms with van der Waals surface area (Å²) < 4.78 is 19.7. The number of benzene rings is 3. The zero-order valence-electron chi connectivity index (χ0n) is 15.4. The third kappa shape index (κ3) is 3.71. The molecule has 3 aromatic carbocycles. The van der Waals surface area contributed by atoms with Crippen molar-refractivity contribution in [3.8, 4) is 11.1 Å². The van der Waals surface area contributed by atoms with E-state index in [1.807, 2.05) is 36.4 Å². The Morgan fingerprint density at radius 2 is 1.66 bits per heavy atom. The molecule has 0 aliphatic heterocycles. The molecule has 0 fully saturated rings. The van der Waals surface area contributed by atoms with Crippen molar-refractivity contribution in [3.05, 3.63) is 94.3 Å². The van der Waals surface area contributed by atoms with Crippen molar-refractivity contribution in [2.45, 2.75) is 12.0 Å². The lowest BCUT2D eigenvalue weighted by Gasteiger charge is -2.19. The van der Waals surface area contributed by atoms with E-state index >= 15 is 0 Å². The molecule has 1 aliphatic carbocycles. The van der Waals surface area contributed by atoms with Crippen LogP contribution in [-0.4, -0.2) is 24.4 Å². The topological polar surface area (TPSA) is 58.6 Å². The molecule has 3 aromatic rings. The second kappa shape index (κ2) is 8.23. The van der Waals surface area contributed by atoms with Crippen LogP contribution in [-0.2, 0) is 4.74 Å². The number of carbonyl (C=O) groups excluding carboxylic acids is 1. The van der Waals surface area contributed by atoms with Crippen LogP contribution in [0.5, 0.6) is 0 Å². The Balaban J connectivity index is 1.48. The number of ether oxygens (including phenoxy) is 1. The minimum absolute atomic E-state index is 0.0738. The van der Waals surface area contributed by atoms with Crippen molar-refractivity contribution in [2.24, 2.45) is 0 Å². The molecule has 1 unspecified atom stereocenters. The van der Waals surface area contributed by atoms with E-state index < -0.39 is 24.6 Å². The van der Waals surface area contributed by atoms with Gasteiger partial charge in [0.05, 0.1) is 17.7 Å². The van der Waals surface area contributed by atoms with E-state index in [9.17, 15) is 14.3 Å². The lowest BCUT2D eigenvalue weighted by molar-refractivity contribution is 0.132. The molecule has 0 spiro atoms. The van der Waals surface area contributed by atoms with Gasteiger partial charge in [-0.3, -0.25) is 0 Å². The molecule has 6 heteroatoms. The van der Waals surface area contributed by atoms with Crippen LogP contribution in [0.4, 0.5) is 9.18 Å². The maximum Gasteiger partial charge on any atom is 0.407 e. The summed E-state index contributed by atoms with van der Waals surface area (Å²) in [4.78, 5) is 12.4. The number of nitrogens with one attached hydrogen (secondary N) is 1. The summed E-state index contributed by atoms with van der Waals surface area (Å²) in [6.07, 6.45) is -0.731. The number of amides is 1. The fraction of sp³-hybridized carbons (Fsp3) is 0.174. The Kier molecular flexibility index (Phi) is 5.51. The number of aliphatic hydroxyl groups excluding tert-OH is 1. The molecule has 4 nitrogen and oxygen atoms in total. The van der Waals surface area contributed by atoms with Crippen LogP contribution in [0.2, 0.25) is 5.02 Å². The molecular weight excluding hydrogens is 393 g/mol. The first-order valence-electron chi connectivity index (χ1n) is 9.26. The van der Waals surface area contributed by atoms with Crippen molar-refractivity contribution in [1.29, 1.82) is 0 Å². The molecular formula is C23H19ClFNO3. The number of alkyl carbamates (subject to hydrolysis) is 1. The van der Waals surface area contributed by atoms with Gasteiger partial charge in [-0.05, 0) is 28.3 Å². The summed E-state index contributed by atoms with van der Waals surface area (Å²) in [6.45, 7) is -0.350. The summed E-state index contributed by atoms with van der Waals surface area (Å²) >= 11 is 5.79. The largest absolute Gasteiger partial charge is 0.449 e. The smallest absolute Gasteiger partial charge is 0.407 e. The standard InChI is InChI=1S/C23H19ClFNO3/c24-20-11-5-10-18(22(20)25)21(12-27)26-23(28)29-13-19-16-8-3-1-6-14(16)15-7-2-4-9-17(15)19/h1-11,19,21,27H,12-13H2,(H,26,28). The zero-order valence-corrected chi connectivity index (χ0v) is 16.2. The van der Waals surface area contributed by atoms with Crippen molar-refractivity contribution >= 4 is 17.7 Å². The van der Waals surface area contributed by atoms with Gasteiger partial charge < -0.3 is 15.2 Å². The fourth-order valence-corrected chi connectivity index (χ4v) is 3.98. The lowest BCUT2D eigenvalue weighted by Crippen LogP contribution is -2.32. The number of aliphatic hydroxyl groups is 1. The van der Waals surface area contributed by atoms with Crippen LogP contribution in [0.3, 0.4) is 0 Å². The molecule has 0 aromatic heterocycles. The summed E-state index contributed by atoms with van der Waals surface area (Å²) in [6, 6.07) is 19.5. The Bertz CT molecular complexity index is 1010. The van der Waals surface area contributed by atoms with Crippen molar-refractivity contribution in [1.82, 2.24) is 5.32 Å². The lowest BCUT2D eigenvalue weighted by atomic mass is 9.98. The maximum atomic E-state index is 14.2. The minimum atomic E-state index is -0.954. The minimum Gasteiger partial charge on any atom is -0.449 e. The Morgan fingerprint density at radius 3 is 2.28 bits per heavy atom. The number of halogens is 2. The van der Waals surface area contributed by atoms with Crippen molar-refractivity contribution in [2.75, 3.05) is 13.2 Å². The highest BCUT2D eigenvalue weighted by atomic mass is 35.5. The summed E-state index contributed by atoms with van der Waals surface area (Å²) in [5.74, 6) is -0.754. The predicted molar refractivity (Wildman–Crippen MR) is 109 cm³/mol. The van der Waals surface area contributed by atoms with E-state index in [0.29, 0.717) is 0 Å². The summed E-state index contributed by atoms with van der Waals surface area (Å²) in [5, 5.41) is 12.0. The summed E-state index contributed by atoms with van der Waals surface area (Å²) in [5.41, 5.74) is 4.56. The molecule has 1 amide bonds. The van der Waals surface area contributed by atoms with Gasteiger partial charge in [0.25, 0.3) is 0 Å². The van der Waals surface area contributed by atoms with Crippen molar-refractivity contribution < 1.29 is 19.0 Å². The highest BCUT2D eigenvalue weighted by molar-refractivity contribution is 6.30. The van der Waals surface area contributed by atoms with E-state index in [1.54, 1.807) is 6.07 Å². The third-order valence-electron chi connectivity index (χ3n) is 5.18. The Morgan fingerprint density at radius 1 is 1.03 bits per heavy atom. The molecule has 0 saturated heterocycles. The quantitative estimate of drug-likeness (QED) is 0.617. The third-order valence-corrected chi connectivity index (χ3v) is 5.47. The second-order valence-electron chi connectivity index (χ2n) is 6.85. The second-order valence-corrected chi connectivity index (χ2v) is 7.26. The van der Waals surface area contributed by atoms with Crippen molar-refractivity contribution in [3.63, 3.8) is 0 Å². The highest BCUT2D eigenvalue weighted by Crippen LogP contribution is 2.44. The average Bonchev–Trinajstić information content (AvgIpc) is 3.06. The number of fused-ring (bicyclic) bond motifs is 3. The van der Waals surface area contributed by atoms with Crippen LogP contribution < -0.4 is 5.32 Å². The maximum absolute atomic E-state index is 14.2. The molecule has 2 N–H and O–H groups in total. The highest BCUT2D eigenvalue weighted by Gasteiger charge is 2.29. The molecule has 1 aliphatic rings. The number of carbonyl (C=O) groups is 1. The van der Waals surface area contributed by atoms with Crippen LogP contribution in [0, 0.1) is 5.82 Å². The van der Waals surface area contributed by atoms with Gasteiger partial charge >= 0.3 is 6.09 Å². The van der Waals surface area contributed by atoms with Gasteiger partial charge in [0.15, 0.2) is 0 Å². The first kappa shape index (κ1) is 19.4. The number of hydrogen-bond donors (Lipinski definition) is 2. The number of rotatable bonds is 5. The van der Waals surface area contributed by atoms with Gasteiger partial charge in [-0.2, -0.15) is 0 Å². The van der Waals surface area contributed by atoms with E-state index in [-0.39, 0.29) is 23.1 Å². The van der Waals surface area contributed by atoms with Crippen LogP contribution in [0.15, 0.2) is 66.7 Å². The molecule has 0 bridgehead atoms. The van der Waals surface area contributed by atoms with Crippen LogP contribution >= 0.6 is 11.6 Å². The van der Waals surface area contributed by atoms with Gasteiger partial charge in [0, 0.05) is 11.5 Å². The zero-order chi connectivity index (χ0) is 20.4. The summed E-state index contributed by atoms with van der Waals surface area (Å²) in [7, 11) is 0. The van der Waals surface area contributed by atoms with Gasteiger partial charge in [-0.15, -0.1) is 0 Å². The normalized spacial score (nSPS) is 13.5. The SMILES string of the molecule is O=C(NC(CO)c1cccc(Cl)c1F)OCC1c2ccccc2-c2ccccc21. The predicted octanol–water partition coefficient (Wildman–Crippen LogP) is 5.05. The number of hydrogen-bond acceptors (Lipinski definition) is 3. The first-order chi connectivity index (χ1) is 14.1. The fourth-order valence-electron chi connectivity index (χ4n) is 3.79. The van der Waals surface area contributed by atoms with Gasteiger partial charge in [-0.1, -0.05) is 72.3 Å². The molecule has 4 rings (SSSR count). The monoisotopic (exact) mass is 411 g/mol. The molecule has 1 atom stereocenters. The van der Waals surface area contributed by atoms with Gasteiger partial charge in [0.1, 0.15) is 12.4 Å². The van der Waals surface area contributed by atoms with Crippen LogP contribution in [0.25, 0.3) is 11.1 Å². The molecule has 0 radical (unpaired) electrons. The van der Waals surface area contributed by atoms with E-state index in [0.717, 1.165) is 22.3 Å². The van der Waals surface area contributed by atoms with Gasteiger partial charge in [0.2, 0.25) is 0 Å². The first-order valence-corrected chi connectivity index (χ1v) is 9.64. The Hall–Kier alpha value is -2.89. The van der Waals surface area contributed by atoms with E-state index in [2.05, 4.69) is 17.4 Å². The molecule has 0 heterocycles. The Labute approximate surface area is 172 Å². The average molecular weight is 412 g/mol. The van der Waals surface area contributed by atoms with E-state index in [4.69, 9.17) is 16.3 Å². The van der Waals surface area contributed by atoms with Crippen LogP contribution in [0.1, 0.15) is 28.7 Å². The molecule has 29 heavy (non-hydrogen) atoms. The molecule has 0 saturated carbocycles.